The summed E-state index contributed by atoms with van der Waals surface area (Å²) in [5.41, 5.74) is -1.32. The van der Waals surface area contributed by atoms with E-state index in [0.717, 1.165) is 18.2 Å². The van der Waals surface area contributed by atoms with Crippen molar-refractivity contribution < 1.29 is 26.5 Å². The van der Waals surface area contributed by atoms with Gasteiger partial charge in [0, 0.05) is 23.7 Å². The van der Waals surface area contributed by atoms with E-state index in [1.54, 1.807) is 0 Å². The monoisotopic (exact) mass is 374 g/mol. The topological polar surface area (TPSA) is 89.3 Å². The smallest absolute Gasteiger partial charge is 0.258 e. The molecular formula is C15H13F3N2O4S. The summed E-state index contributed by atoms with van der Waals surface area (Å²) in [5.74, 6) is -2.90. The summed E-state index contributed by atoms with van der Waals surface area (Å²) in [6, 6.07) is 3.07. The number of rotatable bonds is 5. The first-order valence-corrected chi connectivity index (χ1v) is 8.43. The molecular weight excluding hydrogens is 361 g/mol. The maximum atomic E-state index is 13.8. The van der Waals surface area contributed by atoms with Crippen LogP contribution < -0.4 is 4.72 Å². The van der Waals surface area contributed by atoms with E-state index in [1.165, 1.54) is 13.8 Å². The van der Waals surface area contributed by atoms with Gasteiger partial charge in [-0.05, 0) is 31.5 Å². The number of halogens is 3. The van der Waals surface area contributed by atoms with Crippen molar-refractivity contribution in [3.8, 4) is 0 Å². The molecule has 0 aromatic heterocycles. The number of sulfonamides is 1. The van der Waals surface area contributed by atoms with Crippen molar-refractivity contribution in [2.45, 2.75) is 24.8 Å². The van der Waals surface area contributed by atoms with Crippen LogP contribution in [0.5, 0.6) is 0 Å². The number of aryl methyl sites for hydroxylation is 1. The molecule has 2 aromatic rings. The molecule has 0 radical (unpaired) electrons. The van der Waals surface area contributed by atoms with Crippen LogP contribution in [0.25, 0.3) is 0 Å². The van der Waals surface area contributed by atoms with Crippen molar-refractivity contribution >= 4 is 15.7 Å². The SMILES string of the molecule is Cc1cc(S(=O)(=O)N[C@H](C)c2ccc(F)cc2F)cc([N+](=O)[O-])c1F. The fraction of sp³-hybridized carbons (Fsp3) is 0.200. The van der Waals surface area contributed by atoms with Gasteiger partial charge in [-0.15, -0.1) is 0 Å². The van der Waals surface area contributed by atoms with E-state index >= 15 is 0 Å². The molecule has 0 fully saturated rings. The Morgan fingerprint density at radius 3 is 2.36 bits per heavy atom. The molecule has 2 aromatic carbocycles. The standard InChI is InChI=1S/C15H13F3N2O4S/c1-8-5-11(7-14(15(8)18)20(21)22)25(23,24)19-9(2)12-4-3-10(16)6-13(12)17/h3-7,9,19H,1-2H3/t9-/m1/s1. The second kappa shape index (κ2) is 6.81. The summed E-state index contributed by atoms with van der Waals surface area (Å²) in [6.45, 7) is 2.50. The molecule has 6 nitrogen and oxygen atoms in total. The van der Waals surface area contributed by atoms with Crippen LogP contribution in [0.15, 0.2) is 35.2 Å². The lowest BCUT2D eigenvalue weighted by Crippen LogP contribution is -2.27. The molecule has 0 aliphatic heterocycles. The molecule has 0 amide bonds. The van der Waals surface area contributed by atoms with Gasteiger partial charge in [-0.3, -0.25) is 10.1 Å². The van der Waals surface area contributed by atoms with Gasteiger partial charge in [0.1, 0.15) is 11.6 Å². The van der Waals surface area contributed by atoms with Gasteiger partial charge in [0.2, 0.25) is 15.8 Å². The van der Waals surface area contributed by atoms with Gasteiger partial charge in [-0.2, -0.15) is 4.39 Å². The number of nitro groups is 1. The predicted molar refractivity (Wildman–Crippen MR) is 82.9 cm³/mol. The fourth-order valence-electron chi connectivity index (χ4n) is 2.22. The van der Waals surface area contributed by atoms with Crippen LogP contribution in [0.3, 0.4) is 0 Å². The van der Waals surface area contributed by atoms with E-state index < -0.39 is 49.0 Å². The third-order valence-electron chi connectivity index (χ3n) is 3.48. The average molecular weight is 374 g/mol. The Morgan fingerprint density at radius 2 is 1.80 bits per heavy atom. The van der Waals surface area contributed by atoms with Crippen LogP contribution in [0.2, 0.25) is 0 Å². The molecule has 2 rings (SSSR count). The van der Waals surface area contributed by atoms with Crippen LogP contribution >= 0.6 is 0 Å². The van der Waals surface area contributed by atoms with Crippen molar-refractivity contribution in [3.63, 3.8) is 0 Å². The number of nitrogens with zero attached hydrogens (tertiary/aromatic N) is 1. The molecule has 1 N–H and O–H groups in total. The van der Waals surface area contributed by atoms with Crippen molar-refractivity contribution in [1.82, 2.24) is 4.72 Å². The highest BCUT2D eigenvalue weighted by molar-refractivity contribution is 7.89. The molecule has 1 atom stereocenters. The quantitative estimate of drug-likeness (QED) is 0.642. The normalized spacial score (nSPS) is 12.8. The van der Waals surface area contributed by atoms with E-state index in [0.29, 0.717) is 12.1 Å². The lowest BCUT2D eigenvalue weighted by molar-refractivity contribution is -0.387. The van der Waals surface area contributed by atoms with Gasteiger partial charge in [0.25, 0.3) is 0 Å². The molecule has 0 aliphatic rings. The molecule has 0 aliphatic carbocycles. The van der Waals surface area contributed by atoms with E-state index in [1.807, 2.05) is 0 Å². The van der Waals surface area contributed by atoms with Crippen LogP contribution in [0.1, 0.15) is 24.1 Å². The van der Waals surface area contributed by atoms with Gasteiger partial charge < -0.3 is 0 Å². The Labute approximate surface area is 141 Å². The Hall–Kier alpha value is -2.46. The average Bonchev–Trinajstić information content (AvgIpc) is 2.48. The van der Waals surface area contributed by atoms with Gasteiger partial charge in [0.05, 0.1) is 9.82 Å². The first kappa shape index (κ1) is 18.9. The summed E-state index contributed by atoms with van der Waals surface area (Å²) in [4.78, 5) is 9.27. The Bertz CT molecular complexity index is 948. The van der Waals surface area contributed by atoms with Crippen LogP contribution in [-0.2, 0) is 10.0 Å². The largest absolute Gasteiger partial charge is 0.306 e. The summed E-state index contributed by atoms with van der Waals surface area (Å²) in [6.07, 6.45) is 0. The van der Waals surface area contributed by atoms with Crippen molar-refractivity contribution in [2.24, 2.45) is 0 Å². The Kier molecular flexibility index (Phi) is 5.14. The summed E-state index contributed by atoms with van der Waals surface area (Å²) >= 11 is 0. The van der Waals surface area contributed by atoms with Crippen LogP contribution in [0, 0.1) is 34.5 Å². The zero-order valence-corrected chi connectivity index (χ0v) is 13.9. The highest BCUT2D eigenvalue weighted by atomic mass is 32.2. The summed E-state index contributed by atoms with van der Waals surface area (Å²) in [5, 5.41) is 10.8. The number of nitrogens with one attached hydrogen (secondary N) is 1. The van der Waals surface area contributed by atoms with Crippen LogP contribution in [0.4, 0.5) is 18.9 Å². The first-order valence-electron chi connectivity index (χ1n) is 6.94. The van der Waals surface area contributed by atoms with E-state index in [9.17, 15) is 31.7 Å². The van der Waals surface area contributed by atoms with Crippen molar-refractivity contribution in [3.05, 3.63) is 69.0 Å². The molecule has 0 spiro atoms. The molecule has 0 heterocycles. The molecule has 0 bridgehead atoms. The molecule has 0 unspecified atom stereocenters. The van der Waals surface area contributed by atoms with Crippen LogP contribution in [-0.4, -0.2) is 13.3 Å². The van der Waals surface area contributed by atoms with Gasteiger partial charge >= 0.3 is 5.69 Å². The maximum Gasteiger partial charge on any atom is 0.306 e. The van der Waals surface area contributed by atoms with Gasteiger partial charge in [-0.25, -0.2) is 21.9 Å². The summed E-state index contributed by atoms with van der Waals surface area (Å²) < 4.78 is 67.3. The Balaban J connectivity index is 2.41. The molecule has 134 valence electrons. The number of hydrogen-bond acceptors (Lipinski definition) is 4. The lowest BCUT2D eigenvalue weighted by atomic mass is 10.1. The zero-order chi connectivity index (χ0) is 18.9. The second-order valence-corrected chi connectivity index (χ2v) is 7.05. The predicted octanol–water partition coefficient (Wildman–Crippen LogP) is 3.36. The molecule has 25 heavy (non-hydrogen) atoms. The van der Waals surface area contributed by atoms with Crippen molar-refractivity contribution in [1.29, 1.82) is 0 Å². The molecule has 10 heteroatoms. The van der Waals surface area contributed by atoms with E-state index in [4.69, 9.17) is 0 Å². The first-order chi connectivity index (χ1) is 11.5. The number of benzene rings is 2. The fourth-order valence-corrected chi connectivity index (χ4v) is 3.55. The lowest BCUT2D eigenvalue weighted by Gasteiger charge is -2.16. The van der Waals surface area contributed by atoms with Gasteiger partial charge in [0.15, 0.2) is 0 Å². The van der Waals surface area contributed by atoms with Crippen molar-refractivity contribution in [2.75, 3.05) is 0 Å². The highest BCUT2D eigenvalue weighted by Crippen LogP contribution is 2.26. The van der Waals surface area contributed by atoms with E-state index in [-0.39, 0.29) is 11.1 Å². The third kappa shape index (κ3) is 3.97. The highest BCUT2D eigenvalue weighted by Gasteiger charge is 2.26. The van der Waals surface area contributed by atoms with E-state index in [2.05, 4.69) is 4.72 Å². The Morgan fingerprint density at radius 1 is 1.16 bits per heavy atom. The third-order valence-corrected chi connectivity index (χ3v) is 5.00. The second-order valence-electron chi connectivity index (χ2n) is 5.34. The minimum Gasteiger partial charge on any atom is -0.258 e. The summed E-state index contributed by atoms with van der Waals surface area (Å²) in [7, 11) is -4.31. The number of nitro benzene ring substituents is 1. The maximum absolute atomic E-state index is 13.8. The molecule has 0 saturated heterocycles. The van der Waals surface area contributed by atoms with Gasteiger partial charge in [-0.1, -0.05) is 6.07 Å². The minimum atomic E-state index is -4.31. The zero-order valence-electron chi connectivity index (χ0n) is 13.1. The number of hydrogen-bond donors (Lipinski definition) is 1. The molecule has 0 saturated carbocycles. The minimum absolute atomic E-state index is 0.113.